The summed E-state index contributed by atoms with van der Waals surface area (Å²) >= 11 is 0. The van der Waals surface area contributed by atoms with Gasteiger partial charge in [0.15, 0.2) is 0 Å². The van der Waals surface area contributed by atoms with Crippen LogP contribution in [-0.4, -0.2) is 33.8 Å². The van der Waals surface area contributed by atoms with E-state index in [0.29, 0.717) is 12.0 Å². The number of aromatic nitrogens is 2. The van der Waals surface area contributed by atoms with Gasteiger partial charge in [0.25, 0.3) is 0 Å². The van der Waals surface area contributed by atoms with Crippen molar-refractivity contribution in [1.82, 2.24) is 14.7 Å². The van der Waals surface area contributed by atoms with E-state index < -0.39 is 0 Å². The van der Waals surface area contributed by atoms with Gasteiger partial charge >= 0.3 is 0 Å². The van der Waals surface area contributed by atoms with Crippen LogP contribution in [0.15, 0.2) is 6.20 Å². The molecule has 1 saturated heterocycles. The molecule has 2 unspecified atom stereocenters. The quantitative estimate of drug-likeness (QED) is 0.856. The lowest BCUT2D eigenvalue weighted by Gasteiger charge is -2.34. The summed E-state index contributed by atoms with van der Waals surface area (Å²) in [6.07, 6.45) is 4.36. The fourth-order valence-corrected chi connectivity index (χ4v) is 2.57. The number of nitrogens with zero attached hydrogens (tertiary/aromatic N) is 3. The van der Waals surface area contributed by atoms with Crippen molar-refractivity contribution >= 4 is 0 Å². The Balaban J connectivity index is 2.00. The number of nitrogens with two attached hydrogens (primary N) is 1. The molecule has 2 rings (SSSR count). The first-order valence-electron chi connectivity index (χ1n) is 6.59. The van der Waals surface area contributed by atoms with Crippen molar-refractivity contribution in [2.75, 3.05) is 13.1 Å². The van der Waals surface area contributed by atoms with E-state index >= 15 is 0 Å². The van der Waals surface area contributed by atoms with Gasteiger partial charge in [-0.05, 0) is 25.3 Å². The maximum atomic E-state index is 6.14. The van der Waals surface area contributed by atoms with Gasteiger partial charge in [0.2, 0.25) is 0 Å². The first kappa shape index (κ1) is 12.6. The van der Waals surface area contributed by atoms with Gasteiger partial charge in [-0.1, -0.05) is 13.8 Å². The minimum Gasteiger partial charge on any atom is -0.326 e. The molecule has 2 heterocycles. The van der Waals surface area contributed by atoms with E-state index in [1.807, 2.05) is 11.7 Å². The van der Waals surface area contributed by atoms with Crippen molar-refractivity contribution in [3.8, 4) is 0 Å². The highest BCUT2D eigenvalue weighted by molar-refractivity contribution is 5.17. The number of likely N-dealkylation sites (tertiary alicyclic amines) is 1. The van der Waals surface area contributed by atoms with Crippen molar-refractivity contribution in [1.29, 1.82) is 0 Å². The van der Waals surface area contributed by atoms with E-state index in [4.69, 9.17) is 5.73 Å². The second-order valence-electron chi connectivity index (χ2n) is 5.29. The van der Waals surface area contributed by atoms with Crippen molar-refractivity contribution in [2.45, 2.75) is 39.3 Å². The van der Waals surface area contributed by atoms with Gasteiger partial charge in [0.05, 0.1) is 5.69 Å². The fourth-order valence-electron chi connectivity index (χ4n) is 2.57. The first-order valence-corrected chi connectivity index (χ1v) is 6.59. The Morgan fingerprint density at radius 2 is 2.29 bits per heavy atom. The maximum Gasteiger partial charge on any atom is 0.0666 e. The Morgan fingerprint density at radius 1 is 1.53 bits per heavy atom. The zero-order chi connectivity index (χ0) is 12.4. The third kappa shape index (κ3) is 2.87. The zero-order valence-corrected chi connectivity index (χ0v) is 11.2. The summed E-state index contributed by atoms with van der Waals surface area (Å²) in [6, 6.07) is 0.325. The summed E-state index contributed by atoms with van der Waals surface area (Å²) in [5.74, 6) is 0.658. The molecular formula is C13H24N4. The third-order valence-corrected chi connectivity index (χ3v) is 3.82. The van der Waals surface area contributed by atoms with Crippen LogP contribution in [0.3, 0.4) is 0 Å². The molecular weight excluding hydrogens is 212 g/mol. The van der Waals surface area contributed by atoms with Crippen LogP contribution in [0.25, 0.3) is 0 Å². The molecule has 0 radical (unpaired) electrons. The van der Waals surface area contributed by atoms with Crippen LogP contribution in [0, 0.1) is 5.92 Å². The molecule has 17 heavy (non-hydrogen) atoms. The second kappa shape index (κ2) is 5.19. The Morgan fingerprint density at radius 3 is 2.94 bits per heavy atom. The number of hydrogen-bond donors (Lipinski definition) is 1. The lowest BCUT2D eigenvalue weighted by molar-refractivity contribution is 0.162. The van der Waals surface area contributed by atoms with Crippen molar-refractivity contribution in [3.63, 3.8) is 0 Å². The number of rotatable bonds is 3. The highest BCUT2D eigenvalue weighted by Gasteiger charge is 2.23. The summed E-state index contributed by atoms with van der Waals surface area (Å²) in [7, 11) is 1.99. The van der Waals surface area contributed by atoms with E-state index in [0.717, 1.165) is 26.1 Å². The van der Waals surface area contributed by atoms with E-state index in [1.165, 1.54) is 17.7 Å². The highest BCUT2D eigenvalue weighted by Crippen LogP contribution is 2.18. The standard InChI is InChI=1S/C13H24N4/c1-4-13-11(7-16(3)15-13)8-17-6-5-10(2)12(14)9-17/h7,10,12H,4-6,8-9,14H2,1-3H3. The van der Waals surface area contributed by atoms with Gasteiger partial charge in [0.1, 0.15) is 0 Å². The lowest BCUT2D eigenvalue weighted by atomic mass is 9.94. The molecule has 1 aliphatic rings. The predicted octanol–water partition coefficient (Wildman–Crippen LogP) is 1.15. The molecule has 0 aromatic carbocycles. The molecule has 0 spiro atoms. The minimum atomic E-state index is 0.325. The molecule has 0 aliphatic carbocycles. The largest absolute Gasteiger partial charge is 0.326 e. The van der Waals surface area contributed by atoms with E-state index in [2.05, 4.69) is 30.0 Å². The molecule has 1 aromatic rings. The average molecular weight is 236 g/mol. The van der Waals surface area contributed by atoms with Crippen molar-refractivity contribution in [3.05, 3.63) is 17.5 Å². The summed E-state index contributed by atoms with van der Waals surface area (Å²) in [5.41, 5.74) is 8.72. The molecule has 96 valence electrons. The summed E-state index contributed by atoms with van der Waals surface area (Å²) in [5, 5.41) is 4.49. The molecule has 2 N–H and O–H groups in total. The van der Waals surface area contributed by atoms with Crippen LogP contribution in [-0.2, 0) is 20.0 Å². The highest BCUT2D eigenvalue weighted by atomic mass is 15.3. The Bertz CT molecular complexity index is 371. The number of aryl methyl sites for hydroxylation is 2. The summed E-state index contributed by atoms with van der Waals surface area (Å²) in [4.78, 5) is 2.46. The van der Waals surface area contributed by atoms with E-state index in [-0.39, 0.29) is 0 Å². The Kier molecular flexibility index (Phi) is 3.84. The first-order chi connectivity index (χ1) is 8.10. The van der Waals surface area contributed by atoms with Gasteiger partial charge in [-0.15, -0.1) is 0 Å². The number of piperidine rings is 1. The van der Waals surface area contributed by atoms with Crippen molar-refractivity contribution < 1.29 is 0 Å². The minimum absolute atomic E-state index is 0.325. The zero-order valence-electron chi connectivity index (χ0n) is 11.2. The predicted molar refractivity (Wildman–Crippen MR) is 69.6 cm³/mol. The SMILES string of the molecule is CCc1nn(C)cc1CN1CCC(C)C(N)C1. The Labute approximate surface area is 104 Å². The van der Waals surface area contributed by atoms with Crippen LogP contribution < -0.4 is 5.73 Å². The van der Waals surface area contributed by atoms with E-state index in [9.17, 15) is 0 Å². The fraction of sp³-hybridized carbons (Fsp3) is 0.769. The topological polar surface area (TPSA) is 47.1 Å². The van der Waals surface area contributed by atoms with E-state index in [1.54, 1.807) is 0 Å². The van der Waals surface area contributed by atoms with Crippen LogP contribution >= 0.6 is 0 Å². The molecule has 0 amide bonds. The molecule has 1 fully saturated rings. The normalized spacial score (nSPS) is 26.4. The molecule has 1 aliphatic heterocycles. The third-order valence-electron chi connectivity index (χ3n) is 3.82. The second-order valence-corrected chi connectivity index (χ2v) is 5.29. The number of hydrogen-bond acceptors (Lipinski definition) is 3. The Hall–Kier alpha value is -0.870. The lowest BCUT2D eigenvalue weighted by Crippen LogP contribution is -2.47. The monoisotopic (exact) mass is 236 g/mol. The van der Waals surface area contributed by atoms with Crippen LogP contribution in [0.4, 0.5) is 0 Å². The van der Waals surface area contributed by atoms with Crippen LogP contribution in [0.2, 0.25) is 0 Å². The van der Waals surface area contributed by atoms with Crippen LogP contribution in [0.5, 0.6) is 0 Å². The van der Waals surface area contributed by atoms with Gasteiger partial charge in [-0.2, -0.15) is 5.10 Å². The molecule has 4 heteroatoms. The van der Waals surface area contributed by atoms with Gasteiger partial charge in [-0.25, -0.2) is 0 Å². The summed E-state index contributed by atoms with van der Waals surface area (Å²) in [6.45, 7) is 7.59. The molecule has 0 saturated carbocycles. The van der Waals surface area contributed by atoms with Gasteiger partial charge in [-0.3, -0.25) is 9.58 Å². The van der Waals surface area contributed by atoms with Gasteiger partial charge < -0.3 is 5.73 Å². The molecule has 0 bridgehead atoms. The van der Waals surface area contributed by atoms with Crippen molar-refractivity contribution in [2.24, 2.45) is 18.7 Å². The smallest absolute Gasteiger partial charge is 0.0666 e. The molecule has 1 aromatic heterocycles. The maximum absolute atomic E-state index is 6.14. The van der Waals surface area contributed by atoms with Gasteiger partial charge in [0, 0.05) is 37.9 Å². The summed E-state index contributed by atoms with van der Waals surface area (Å²) < 4.78 is 1.92. The average Bonchev–Trinajstić information content (AvgIpc) is 2.64. The van der Waals surface area contributed by atoms with Crippen LogP contribution in [0.1, 0.15) is 31.5 Å². The molecule has 4 nitrogen and oxygen atoms in total. The molecule has 2 atom stereocenters.